The second-order valence-corrected chi connectivity index (χ2v) is 5.30. The molecule has 0 radical (unpaired) electrons. The fourth-order valence-corrected chi connectivity index (χ4v) is 2.20. The van der Waals surface area contributed by atoms with Crippen LogP contribution in [-0.4, -0.2) is 62.4 Å². The van der Waals surface area contributed by atoms with Crippen LogP contribution in [-0.2, 0) is 14.3 Å². The second-order valence-electron chi connectivity index (χ2n) is 5.30. The lowest BCUT2D eigenvalue weighted by Gasteiger charge is -2.37. The van der Waals surface area contributed by atoms with Crippen LogP contribution in [0.25, 0.3) is 0 Å². The number of esters is 1. The van der Waals surface area contributed by atoms with Crippen molar-refractivity contribution in [1.29, 1.82) is 0 Å². The quantitative estimate of drug-likeness (QED) is 0.586. The first-order valence-corrected chi connectivity index (χ1v) is 7.60. The average Bonchev–Trinajstić information content (AvgIpc) is 2.43. The maximum Gasteiger partial charge on any atom is 0.327 e. The number of ether oxygens (including phenoxy) is 2. The number of hydrogen-bond acceptors (Lipinski definition) is 5. The number of likely N-dealkylation sites (N-methyl/N-ethyl adjacent to an activating group) is 1. The van der Waals surface area contributed by atoms with Crippen molar-refractivity contribution < 1.29 is 14.3 Å². The van der Waals surface area contributed by atoms with Crippen molar-refractivity contribution >= 4 is 5.97 Å². The van der Waals surface area contributed by atoms with E-state index in [0.717, 1.165) is 19.5 Å². The molecule has 0 saturated heterocycles. The van der Waals surface area contributed by atoms with E-state index in [4.69, 9.17) is 9.47 Å². The van der Waals surface area contributed by atoms with Gasteiger partial charge in [0.1, 0.15) is 5.54 Å². The Morgan fingerprint density at radius 3 is 2.45 bits per heavy atom. The van der Waals surface area contributed by atoms with Crippen LogP contribution < -0.4 is 5.32 Å². The maximum absolute atomic E-state index is 12.2. The molecule has 0 aliphatic carbocycles. The summed E-state index contributed by atoms with van der Waals surface area (Å²) in [7, 11) is 1.70. The first-order chi connectivity index (χ1) is 9.45. The van der Waals surface area contributed by atoms with Crippen LogP contribution in [0.2, 0.25) is 0 Å². The molecule has 0 aliphatic heterocycles. The van der Waals surface area contributed by atoms with Gasteiger partial charge in [0.05, 0.1) is 13.2 Å². The van der Waals surface area contributed by atoms with Crippen LogP contribution in [0.1, 0.15) is 41.0 Å². The highest BCUT2D eigenvalue weighted by Crippen LogP contribution is 2.14. The Bertz CT molecular complexity index is 274. The van der Waals surface area contributed by atoms with Crippen molar-refractivity contribution in [1.82, 2.24) is 10.2 Å². The lowest BCUT2D eigenvalue weighted by atomic mass is 10.00. The van der Waals surface area contributed by atoms with Gasteiger partial charge in [0.25, 0.3) is 0 Å². The Morgan fingerprint density at radius 1 is 1.35 bits per heavy atom. The summed E-state index contributed by atoms with van der Waals surface area (Å²) < 4.78 is 10.4. The minimum absolute atomic E-state index is 0.187. The minimum atomic E-state index is -0.679. The van der Waals surface area contributed by atoms with E-state index in [1.807, 2.05) is 20.8 Å². The minimum Gasteiger partial charge on any atom is -0.465 e. The molecular weight excluding hydrogens is 256 g/mol. The Hall–Kier alpha value is -0.650. The Morgan fingerprint density at radius 2 is 2.00 bits per heavy atom. The van der Waals surface area contributed by atoms with E-state index in [9.17, 15) is 4.79 Å². The highest BCUT2D eigenvalue weighted by molar-refractivity contribution is 5.80. The normalized spacial score (nSPS) is 15.9. The summed E-state index contributed by atoms with van der Waals surface area (Å²) in [6.07, 6.45) is 1.04. The molecule has 0 heterocycles. The first kappa shape index (κ1) is 19.4. The zero-order chi connectivity index (χ0) is 15.6. The smallest absolute Gasteiger partial charge is 0.327 e. The maximum atomic E-state index is 12.2. The van der Waals surface area contributed by atoms with Crippen molar-refractivity contribution in [3.8, 4) is 0 Å². The van der Waals surface area contributed by atoms with Crippen LogP contribution in [0.4, 0.5) is 0 Å². The molecule has 1 N–H and O–H groups in total. The summed E-state index contributed by atoms with van der Waals surface area (Å²) in [5.74, 6) is -0.187. The van der Waals surface area contributed by atoms with Gasteiger partial charge in [0.2, 0.25) is 0 Å². The van der Waals surface area contributed by atoms with Gasteiger partial charge in [-0.25, -0.2) is 0 Å². The summed E-state index contributed by atoms with van der Waals surface area (Å²) in [5.41, 5.74) is -0.679. The van der Waals surface area contributed by atoms with Gasteiger partial charge in [-0.3, -0.25) is 9.69 Å². The van der Waals surface area contributed by atoms with Crippen molar-refractivity contribution in [2.45, 2.75) is 52.6 Å². The van der Waals surface area contributed by atoms with Crippen LogP contribution in [0.5, 0.6) is 0 Å². The van der Waals surface area contributed by atoms with Gasteiger partial charge in [0.15, 0.2) is 0 Å². The number of carbonyl (C=O) groups is 1. The predicted molar refractivity (Wildman–Crippen MR) is 81.9 cm³/mol. The molecule has 0 spiro atoms. The lowest BCUT2D eigenvalue weighted by molar-refractivity contribution is -0.151. The highest BCUT2D eigenvalue weighted by atomic mass is 16.5. The highest BCUT2D eigenvalue weighted by Gasteiger charge is 2.36. The van der Waals surface area contributed by atoms with Gasteiger partial charge in [0, 0.05) is 26.2 Å². The van der Waals surface area contributed by atoms with E-state index in [-0.39, 0.29) is 5.97 Å². The van der Waals surface area contributed by atoms with Crippen molar-refractivity contribution in [3.63, 3.8) is 0 Å². The Balaban J connectivity index is 4.91. The molecule has 20 heavy (non-hydrogen) atoms. The lowest BCUT2D eigenvalue weighted by Crippen LogP contribution is -2.59. The van der Waals surface area contributed by atoms with Gasteiger partial charge < -0.3 is 14.8 Å². The molecule has 0 rings (SSSR count). The molecule has 0 aromatic carbocycles. The zero-order valence-corrected chi connectivity index (χ0v) is 14.0. The van der Waals surface area contributed by atoms with E-state index in [2.05, 4.69) is 24.1 Å². The summed E-state index contributed by atoms with van der Waals surface area (Å²) in [5, 5.41) is 3.27. The van der Waals surface area contributed by atoms with Crippen molar-refractivity contribution in [2.24, 2.45) is 0 Å². The van der Waals surface area contributed by atoms with Crippen LogP contribution in [0, 0.1) is 0 Å². The number of carbonyl (C=O) groups excluding carboxylic acids is 1. The van der Waals surface area contributed by atoms with E-state index in [1.165, 1.54) is 0 Å². The molecule has 2 atom stereocenters. The largest absolute Gasteiger partial charge is 0.465 e. The third kappa shape index (κ3) is 6.20. The van der Waals surface area contributed by atoms with Crippen molar-refractivity contribution in [3.05, 3.63) is 0 Å². The SMILES string of the molecule is CCNC(C)(CN(CCOC)C(C)CC)C(=O)OCC. The van der Waals surface area contributed by atoms with E-state index >= 15 is 0 Å². The number of nitrogens with one attached hydrogen (secondary N) is 1. The number of nitrogens with zero attached hydrogens (tertiary/aromatic N) is 1. The topological polar surface area (TPSA) is 50.8 Å². The molecule has 0 bridgehead atoms. The molecule has 5 nitrogen and oxygen atoms in total. The molecule has 0 aromatic heterocycles. The molecule has 0 aromatic rings. The van der Waals surface area contributed by atoms with Gasteiger partial charge >= 0.3 is 5.97 Å². The molecule has 0 amide bonds. The predicted octanol–water partition coefficient (Wildman–Crippen LogP) is 1.66. The third-order valence-corrected chi connectivity index (χ3v) is 3.61. The van der Waals surface area contributed by atoms with E-state index in [0.29, 0.717) is 25.8 Å². The van der Waals surface area contributed by atoms with E-state index in [1.54, 1.807) is 7.11 Å². The molecule has 0 saturated carbocycles. The van der Waals surface area contributed by atoms with Crippen LogP contribution in [0.3, 0.4) is 0 Å². The summed E-state index contributed by atoms with van der Waals surface area (Å²) >= 11 is 0. The molecule has 0 aliphatic rings. The monoisotopic (exact) mass is 288 g/mol. The summed E-state index contributed by atoms with van der Waals surface area (Å²) in [6.45, 7) is 13.3. The summed E-state index contributed by atoms with van der Waals surface area (Å²) in [6, 6.07) is 0.401. The second kappa shape index (κ2) is 10.1. The Kier molecular flexibility index (Phi) is 9.80. The molecule has 120 valence electrons. The van der Waals surface area contributed by atoms with Crippen molar-refractivity contribution in [2.75, 3.05) is 40.0 Å². The molecule has 0 fully saturated rings. The van der Waals surface area contributed by atoms with Crippen LogP contribution in [0.15, 0.2) is 0 Å². The van der Waals surface area contributed by atoms with Gasteiger partial charge in [-0.05, 0) is 33.7 Å². The fourth-order valence-electron chi connectivity index (χ4n) is 2.20. The standard InChI is InChI=1S/C15H32N2O3/c1-7-13(4)17(10-11-19-6)12-15(5,16-8-2)14(18)20-9-3/h13,16H,7-12H2,1-6H3. The van der Waals surface area contributed by atoms with Gasteiger partial charge in [-0.1, -0.05) is 13.8 Å². The zero-order valence-electron chi connectivity index (χ0n) is 14.0. The summed E-state index contributed by atoms with van der Waals surface area (Å²) in [4.78, 5) is 14.5. The van der Waals surface area contributed by atoms with E-state index < -0.39 is 5.54 Å². The number of hydrogen-bond donors (Lipinski definition) is 1. The molecular formula is C15H32N2O3. The first-order valence-electron chi connectivity index (χ1n) is 7.60. The molecule has 2 unspecified atom stereocenters. The number of methoxy groups -OCH3 is 1. The molecule has 5 heteroatoms. The average molecular weight is 288 g/mol. The Labute approximate surface area is 124 Å². The van der Waals surface area contributed by atoms with Gasteiger partial charge in [-0.2, -0.15) is 0 Å². The van der Waals surface area contributed by atoms with Crippen LogP contribution >= 0.6 is 0 Å². The fraction of sp³-hybridized carbons (Fsp3) is 0.933. The number of rotatable bonds is 11. The van der Waals surface area contributed by atoms with Gasteiger partial charge in [-0.15, -0.1) is 0 Å². The third-order valence-electron chi connectivity index (χ3n) is 3.61.